The number of piperazine rings is 1. The van der Waals surface area contributed by atoms with Gasteiger partial charge in [0, 0.05) is 38.1 Å². The SMILES string of the molecule is Cc1cccc(N2CCN(C(=O)c3ccc(C#N)nc3)CC2)c1. The average Bonchev–Trinajstić information content (AvgIpc) is 2.61. The van der Waals surface area contributed by atoms with Gasteiger partial charge < -0.3 is 9.80 Å². The van der Waals surface area contributed by atoms with Crippen LogP contribution in [0.3, 0.4) is 0 Å². The lowest BCUT2D eigenvalue weighted by Gasteiger charge is -2.36. The Morgan fingerprint density at radius 3 is 2.57 bits per heavy atom. The van der Waals surface area contributed by atoms with Crippen LogP contribution in [0.25, 0.3) is 0 Å². The first kappa shape index (κ1) is 15.0. The number of hydrogen-bond acceptors (Lipinski definition) is 4. The fraction of sp³-hybridized carbons (Fsp3) is 0.278. The Morgan fingerprint density at radius 1 is 1.17 bits per heavy atom. The molecule has 0 spiro atoms. The summed E-state index contributed by atoms with van der Waals surface area (Å²) in [6, 6.07) is 13.6. The number of amides is 1. The first-order valence-corrected chi connectivity index (χ1v) is 7.64. The van der Waals surface area contributed by atoms with E-state index in [9.17, 15) is 4.79 Å². The van der Waals surface area contributed by atoms with E-state index in [2.05, 4.69) is 41.1 Å². The van der Waals surface area contributed by atoms with Gasteiger partial charge in [0.1, 0.15) is 11.8 Å². The lowest BCUT2D eigenvalue weighted by Crippen LogP contribution is -2.48. The molecule has 2 aromatic rings. The van der Waals surface area contributed by atoms with Crippen molar-refractivity contribution in [2.45, 2.75) is 6.92 Å². The van der Waals surface area contributed by atoms with Crippen LogP contribution >= 0.6 is 0 Å². The zero-order valence-corrected chi connectivity index (χ0v) is 13.1. The van der Waals surface area contributed by atoms with Gasteiger partial charge in [-0.1, -0.05) is 12.1 Å². The number of pyridine rings is 1. The molecule has 116 valence electrons. The van der Waals surface area contributed by atoms with Crippen LogP contribution in [0.5, 0.6) is 0 Å². The van der Waals surface area contributed by atoms with E-state index in [0.29, 0.717) is 24.3 Å². The van der Waals surface area contributed by atoms with E-state index in [4.69, 9.17) is 5.26 Å². The van der Waals surface area contributed by atoms with Crippen molar-refractivity contribution in [3.05, 3.63) is 59.4 Å². The molecular formula is C18H18N4O. The van der Waals surface area contributed by atoms with Crippen LogP contribution in [0.1, 0.15) is 21.6 Å². The number of hydrogen-bond donors (Lipinski definition) is 0. The van der Waals surface area contributed by atoms with Crippen molar-refractivity contribution in [1.29, 1.82) is 5.26 Å². The van der Waals surface area contributed by atoms with Gasteiger partial charge in [-0.2, -0.15) is 5.26 Å². The molecule has 2 heterocycles. The van der Waals surface area contributed by atoms with Gasteiger partial charge in [-0.15, -0.1) is 0 Å². The van der Waals surface area contributed by atoms with Crippen LogP contribution in [0.4, 0.5) is 5.69 Å². The van der Waals surface area contributed by atoms with Crippen LogP contribution < -0.4 is 4.90 Å². The second-order valence-corrected chi connectivity index (χ2v) is 5.66. The first-order valence-electron chi connectivity index (χ1n) is 7.64. The summed E-state index contributed by atoms with van der Waals surface area (Å²) in [7, 11) is 0. The third-order valence-electron chi connectivity index (χ3n) is 4.06. The molecule has 0 aliphatic carbocycles. The predicted molar refractivity (Wildman–Crippen MR) is 88.2 cm³/mol. The van der Waals surface area contributed by atoms with Crippen LogP contribution in [0.15, 0.2) is 42.6 Å². The van der Waals surface area contributed by atoms with E-state index in [-0.39, 0.29) is 5.91 Å². The van der Waals surface area contributed by atoms with Crippen LogP contribution in [-0.4, -0.2) is 42.0 Å². The van der Waals surface area contributed by atoms with Crippen molar-refractivity contribution in [2.24, 2.45) is 0 Å². The molecule has 0 unspecified atom stereocenters. The zero-order chi connectivity index (χ0) is 16.2. The van der Waals surface area contributed by atoms with E-state index in [1.807, 2.05) is 11.0 Å². The van der Waals surface area contributed by atoms with Crippen molar-refractivity contribution in [2.75, 3.05) is 31.1 Å². The van der Waals surface area contributed by atoms with Crippen molar-refractivity contribution in [3.8, 4) is 6.07 Å². The minimum Gasteiger partial charge on any atom is -0.368 e. The fourth-order valence-corrected chi connectivity index (χ4v) is 2.76. The van der Waals surface area contributed by atoms with Crippen molar-refractivity contribution in [3.63, 3.8) is 0 Å². The largest absolute Gasteiger partial charge is 0.368 e. The zero-order valence-electron chi connectivity index (χ0n) is 13.1. The Kier molecular flexibility index (Phi) is 4.24. The number of anilines is 1. The Hall–Kier alpha value is -2.87. The summed E-state index contributed by atoms with van der Waals surface area (Å²) in [5, 5.41) is 8.76. The molecule has 0 atom stereocenters. The molecule has 1 aromatic carbocycles. The number of carbonyl (C=O) groups is 1. The lowest BCUT2D eigenvalue weighted by atomic mass is 10.1. The average molecular weight is 306 g/mol. The van der Waals surface area contributed by atoms with Crippen LogP contribution in [0, 0.1) is 18.3 Å². The van der Waals surface area contributed by atoms with Crippen molar-refractivity contribution in [1.82, 2.24) is 9.88 Å². The highest BCUT2D eigenvalue weighted by atomic mass is 16.2. The highest BCUT2D eigenvalue weighted by molar-refractivity contribution is 5.94. The highest BCUT2D eigenvalue weighted by Gasteiger charge is 2.22. The number of aromatic nitrogens is 1. The minimum absolute atomic E-state index is 0.0223. The summed E-state index contributed by atoms with van der Waals surface area (Å²) in [6.07, 6.45) is 1.48. The van der Waals surface area contributed by atoms with Gasteiger partial charge in [-0.25, -0.2) is 4.98 Å². The maximum absolute atomic E-state index is 12.5. The van der Waals surface area contributed by atoms with E-state index < -0.39 is 0 Å². The molecule has 1 aromatic heterocycles. The second-order valence-electron chi connectivity index (χ2n) is 5.66. The topological polar surface area (TPSA) is 60.2 Å². The standard InChI is InChI=1S/C18H18N4O/c1-14-3-2-4-17(11-14)21-7-9-22(10-8-21)18(23)15-5-6-16(12-19)20-13-15/h2-6,11,13H,7-10H2,1H3. The molecule has 5 heteroatoms. The summed E-state index contributed by atoms with van der Waals surface area (Å²) < 4.78 is 0. The quantitative estimate of drug-likeness (QED) is 0.853. The molecule has 3 rings (SSSR count). The number of carbonyl (C=O) groups excluding carboxylic acids is 1. The number of aryl methyl sites for hydroxylation is 1. The first-order chi connectivity index (χ1) is 11.2. The molecule has 0 bridgehead atoms. The molecule has 5 nitrogen and oxygen atoms in total. The Labute approximate surface area is 135 Å². The molecule has 1 amide bonds. The van der Waals surface area contributed by atoms with Gasteiger partial charge in [0.25, 0.3) is 5.91 Å². The lowest BCUT2D eigenvalue weighted by molar-refractivity contribution is 0.0746. The Balaban J connectivity index is 1.64. The summed E-state index contributed by atoms with van der Waals surface area (Å²) in [5.41, 5.74) is 3.31. The fourth-order valence-electron chi connectivity index (χ4n) is 2.76. The smallest absolute Gasteiger partial charge is 0.255 e. The van der Waals surface area contributed by atoms with Gasteiger partial charge in [-0.3, -0.25) is 4.79 Å². The number of rotatable bonds is 2. The van der Waals surface area contributed by atoms with E-state index in [1.54, 1.807) is 12.1 Å². The van der Waals surface area contributed by atoms with E-state index in [0.717, 1.165) is 13.1 Å². The van der Waals surface area contributed by atoms with Gasteiger partial charge in [0.2, 0.25) is 0 Å². The van der Waals surface area contributed by atoms with Crippen LogP contribution in [0.2, 0.25) is 0 Å². The third-order valence-corrected chi connectivity index (χ3v) is 4.06. The Bertz CT molecular complexity index is 740. The molecule has 1 aliphatic rings. The van der Waals surface area contributed by atoms with Gasteiger partial charge in [0.15, 0.2) is 0 Å². The van der Waals surface area contributed by atoms with Crippen LogP contribution in [-0.2, 0) is 0 Å². The molecule has 0 N–H and O–H groups in total. The summed E-state index contributed by atoms with van der Waals surface area (Å²) >= 11 is 0. The summed E-state index contributed by atoms with van der Waals surface area (Å²) in [5.74, 6) is -0.0223. The molecule has 0 saturated carbocycles. The molecular weight excluding hydrogens is 288 g/mol. The molecule has 23 heavy (non-hydrogen) atoms. The third kappa shape index (κ3) is 3.32. The number of nitrogens with zero attached hydrogens (tertiary/aromatic N) is 4. The van der Waals surface area contributed by atoms with Crippen molar-refractivity contribution >= 4 is 11.6 Å². The maximum Gasteiger partial charge on any atom is 0.255 e. The molecule has 0 radical (unpaired) electrons. The maximum atomic E-state index is 12.5. The number of benzene rings is 1. The molecule has 1 saturated heterocycles. The minimum atomic E-state index is -0.0223. The summed E-state index contributed by atoms with van der Waals surface area (Å²) in [6.45, 7) is 5.10. The van der Waals surface area contributed by atoms with Crippen molar-refractivity contribution < 1.29 is 4.79 Å². The summed E-state index contributed by atoms with van der Waals surface area (Å²) in [4.78, 5) is 20.6. The van der Waals surface area contributed by atoms with E-state index in [1.165, 1.54) is 17.4 Å². The number of nitriles is 1. The van der Waals surface area contributed by atoms with E-state index >= 15 is 0 Å². The normalized spacial score (nSPS) is 14.4. The predicted octanol–water partition coefficient (Wildman–Crippen LogP) is 2.22. The molecule has 1 fully saturated rings. The highest BCUT2D eigenvalue weighted by Crippen LogP contribution is 2.18. The monoisotopic (exact) mass is 306 g/mol. The van der Waals surface area contributed by atoms with Gasteiger partial charge >= 0.3 is 0 Å². The Morgan fingerprint density at radius 2 is 1.96 bits per heavy atom. The molecule has 1 aliphatic heterocycles. The second kappa shape index (κ2) is 6.49. The van der Waals surface area contributed by atoms with Gasteiger partial charge in [-0.05, 0) is 36.8 Å². The van der Waals surface area contributed by atoms with Gasteiger partial charge in [0.05, 0.1) is 5.56 Å².